The third-order valence-electron chi connectivity index (χ3n) is 8.14. The molecule has 2 amide bonds. The smallest absolute Gasteiger partial charge is 0.251 e. The lowest BCUT2D eigenvalue weighted by Gasteiger charge is -2.17. The van der Waals surface area contributed by atoms with Crippen LogP contribution in [0.2, 0.25) is 0 Å². The lowest BCUT2D eigenvalue weighted by atomic mass is 9.92. The number of benzene rings is 3. The van der Waals surface area contributed by atoms with Gasteiger partial charge in [0.15, 0.2) is 11.5 Å². The largest absolute Gasteiger partial charge is 0.497 e. The molecule has 1 saturated heterocycles. The van der Waals surface area contributed by atoms with Gasteiger partial charge in [-0.15, -0.1) is 0 Å². The van der Waals surface area contributed by atoms with Crippen LogP contribution in [0.15, 0.2) is 60.7 Å². The highest BCUT2D eigenvalue weighted by molar-refractivity contribution is 6.22. The summed E-state index contributed by atoms with van der Waals surface area (Å²) in [7, 11) is 4.99. The third kappa shape index (κ3) is 4.48. The van der Waals surface area contributed by atoms with E-state index in [-0.39, 0.29) is 24.2 Å². The Morgan fingerprint density at radius 2 is 1.73 bits per heavy atom. The number of para-hydroxylation sites is 1. The number of hydrogen-bond acceptors (Lipinski definition) is 6. The molecular weight excluding hydrogens is 506 g/mol. The Kier molecular flexibility index (Phi) is 6.94. The molecule has 206 valence electrons. The van der Waals surface area contributed by atoms with Gasteiger partial charge in [0.1, 0.15) is 5.75 Å². The second-order valence-electron chi connectivity index (χ2n) is 10.3. The van der Waals surface area contributed by atoms with Crippen LogP contribution in [0, 0.1) is 0 Å². The predicted octanol–water partition coefficient (Wildman–Crippen LogP) is 4.74. The van der Waals surface area contributed by atoms with Crippen molar-refractivity contribution in [1.82, 2.24) is 10.3 Å². The molecule has 0 bridgehead atoms. The number of aromatic amines is 1. The van der Waals surface area contributed by atoms with E-state index in [0.717, 1.165) is 46.7 Å². The van der Waals surface area contributed by atoms with Crippen LogP contribution in [0.1, 0.15) is 41.1 Å². The molecule has 8 nitrogen and oxygen atoms in total. The first-order valence-electron chi connectivity index (χ1n) is 13.6. The highest BCUT2D eigenvalue weighted by atomic mass is 16.5. The van der Waals surface area contributed by atoms with Crippen molar-refractivity contribution in [2.45, 2.75) is 37.6 Å². The maximum atomic E-state index is 13.1. The Balaban J connectivity index is 1.28. The number of rotatable bonds is 9. The van der Waals surface area contributed by atoms with Gasteiger partial charge in [-0.3, -0.25) is 9.59 Å². The molecule has 2 atom stereocenters. The fourth-order valence-electron chi connectivity index (χ4n) is 6.19. The number of methoxy groups -OCH3 is 3. The van der Waals surface area contributed by atoms with Crippen molar-refractivity contribution >= 4 is 28.4 Å². The average molecular weight is 540 g/mol. The van der Waals surface area contributed by atoms with Gasteiger partial charge in [-0.25, -0.2) is 4.90 Å². The summed E-state index contributed by atoms with van der Waals surface area (Å²) in [5, 5.41) is 4.47. The minimum absolute atomic E-state index is 0.153. The number of amides is 2. The second kappa shape index (κ2) is 10.7. The van der Waals surface area contributed by atoms with Gasteiger partial charge in [-0.2, -0.15) is 0 Å². The van der Waals surface area contributed by atoms with E-state index >= 15 is 0 Å². The van der Waals surface area contributed by atoms with Crippen molar-refractivity contribution in [1.29, 1.82) is 0 Å². The van der Waals surface area contributed by atoms with Gasteiger partial charge in [-0.05, 0) is 78.4 Å². The summed E-state index contributed by atoms with van der Waals surface area (Å²) >= 11 is 0. The quantitative estimate of drug-likeness (QED) is 0.299. The van der Waals surface area contributed by atoms with Gasteiger partial charge in [0.25, 0.3) is 5.91 Å². The van der Waals surface area contributed by atoms with Crippen molar-refractivity contribution in [3.63, 3.8) is 0 Å². The van der Waals surface area contributed by atoms with Crippen LogP contribution in [-0.4, -0.2) is 50.7 Å². The Bertz CT molecular complexity index is 1580. The number of ether oxygens (including phenoxy) is 3. The summed E-state index contributed by atoms with van der Waals surface area (Å²) in [5.74, 6) is 2.04. The van der Waals surface area contributed by atoms with Gasteiger partial charge >= 0.3 is 0 Å². The number of carbonyl (C=O) groups excluding carboxylic acids is 2. The van der Waals surface area contributed by atoms with Crippen molar-refractivity contribution < 1.29 is 23.8 Å². The first-order valence-corrected chi connectivity index (χ1v) is 13.6. The zero-order chi connectivity index (χ0) is 27.8. The van der Waals surface area contributed by atoms with E-state index in [1.165, 1.54) is 21.6 Å². The molecule has 0 radical (unpaired) electrons. The fraction of sp³-hybridized carbons (Fsp3) is 0.312. The molecule has 1 aliphatic carbocycles. The van der Waals surface area contributed by atoms with E-state index < -0.39 is 6.04 Å². The molecule has 1 fully saturated rings. The van der Waals surface area contributed by atoms with Gasteiger partial charge in [0.05, 0.1) is 39.5 Å². The monoisotopic (exact) mass is 539 g/mol. The maximum absolute atomic E-state index is 13.1. The lowest BCUT2D eigenvalue weighted by Crippen LogP contribution is -2.39. The molecule has 0 spiro atoms. The summed E-state index contributed by atoms with van der Waals surface area (Å²) in [6, 6.07) is 18.8. The minimum Gasteiger partial charge on any atom is -0.497 e. The molecule has 0 unspecified atom stereocenters. The number of fused-ring (bicyclic) bond motifs is 2. The van der Waals surface area contributed by atoms with E-state index in [1.54, 1.807) is 33.5 Å². The number of hydrogen-bond donors (Lipinski definition) is 2. The summed E-state index contributed by atoms with van der Waals surface area (Å²) in [5.41, 5.74) is 6.50. The van der Waals surface area contributed by atoms with Crippen molar-refractivity contribution in [2.75, 3.05) is 32.8 Å². The molecule has 2 aliphatic rings. The summed E-state index contributed by atoms with van der Waals surface area (Å²) in [4.78, 5) is 30.8. The van der Waals surface area contributed by atoms with Crippen LogP contribution in [0.4, 0.5) is 5.69 Å². The third-order valence-corrected chi connectivity index (χ3v) is 8.14. The van der Waals surface area contributed by atoms with E-state index in [9.17, 15) is 9.59 Å². The Morgan fingerprint density at radius 1 is 0.950 bits per heavy atom. The van der Waals surface area contributed by atoms with Crippen LogP contribution in [-0.2, 0) is 22.4 Å². The summed E-state index contributed by atoms with van der Waals surface area (Å²) in [6.45, 7) is 0.551. The highest BCUT2D eigenvalue weighted by Gasteiger charge is 2.39. The number of anilines is 1. The fourth-order valence-corrected chi connectivity index (χ4v) is 6.19. The number of nitrogens with one attached hydrogen (secondary N) is 2. The number of carbonyl (C=O) groups is 2. The number of nitrogens with zero attached hydrogens (tertiary/aromatic N) is 1. The van der Waals surface area contributed by atoms with E-state index in [0.29, 0.717) is 18.7 Å². The molecule has 40 heavy (non-hydrogen) atoms. The van der Waals surface area contributed by atoms with Crippen LogP contribution < -0.4 is 24.4 Å². The van der Waals surface area contributed by atoms with E-state index in [4.69, 9.17) is 14.2 Å². The van der Waals surface area contributed by atoms with Gasteiger partial charge in [0.2, 0.25) is 5.91 Å². The zero-order valence-electron chi connectivity index (χ0n) is 23.0. The summed E-state index contributed by atoms with van der Waals surface area (Å²) < 4.78 is 16.7. The molecule has 2 N–H and O–H groups in total. The predicted molar refractivity (Wildman–Crippen MR) is 154 cm³/mol. The van der Waals surface area contributed by atoms with E-state index in [1.807, 2.05) is 24.3 Å². The topological polar surface area (TPSA) is 92.9 Å². The minimum atomic E-state index is -0.542. The Labute approximate surface area is 233 Å². The molecule has 0 saturated carbocycles. The van der Waals surface area contributed by atoms with Gasteiger partial charge in [0, 0.05) is 29.1 Å². The number of aryl methyl sites for hydroxylation is 1. The maximum Gasteiger partial charge on any atom is 0.251 e. The molecule has 6 rings (SSSR count). The van der Waals surface area contributed by atoms with Crippen molar-refractivity contribution in [3.05, 3.63) is 83.0 Å². The highest BCUT2D eigenvalue weighted by Crippen LogP contribution is 2.45. The van der Waals surface area contributed by atoms with Crippen LogP contribution in [0.3, 0.4) is 0 Å². The van der Waals surface area contributed by atoms with Crippen molar-refractivity contribution in [3.8, 4) is 17.2 Å². The molecule has 4 aromatic rings. The van der Waals surface area contributed by atoms with Crippen LogP contribution in [0.5, 0.6) is 17.2 Å². The molecule has 1 aliphatic heterocycles. The SMILES string of the molecule is COc1ccc2[nH]c([C@H]3CCc4cc(OC)c(OC)cc43)c(CCN[C@H]3CC(=O)N(c4ccccc4)C3=O)c2c1. The van der Waals surface area contributed by atoms with Crippen LogP contribution in [0.25, 0.3) is 10.9 Å². The molecular formula is C32H33N3O5. The number of aromatic nitrogens is 1. The van der Waals surface area contributed by atoms with Crippen molar-refractivity contribution in [2.24, 2.45) is 0 Å². The van der Waals surface area contributed by atoms with Gasteiger partial charge in [-0.1, -0.05) is 18.2 Å². The van der Waals surface area contributed by atoms with Crippen LogP contribution >= 0.6 is 0 Å². The molecule has 3 aromatic carbocycles. The van der Waals surface area contributed by atoms with E-state index in [2.05, 4.69) is 34.6 Å². The number of imide groups is 1. The zero-order valence-corrected chi connectivity index (χ0v) is 23.0. The first kappa shape index (κ1) is 26.0. The molecule has 1 aromatic heterocycles. The Hall–Kier alpha value is -4.30. The summed E-state index contributed by atoms with van der Waals surface area (Å²) in [6.07, 6.45) is 2.76. The first-order chi connectivity index (χ1) is 19.5. The second-order valence-corrected chi connectivity index (χ2v) is 10.3. The lowest BCUT2D eigenvalue weighted by molar-refractivity contribution is -0.121. The average Bonchev–Trinajstić information content (AvgIpc) is 3.64. The Morgan fingerprint density at radius 3 is 2.48 bits per heavy atom. The molecule has 8 heteroatoms. The number of H-pyrrole nitrogens is 1. The van der Waals surface area contributed by atoms with Gasteiger partial charge < -0.3 is 24.5 Å². The molecule has 2 heterocycles. The normalized spacial score (nSPS) is 18.4. The standard InChI is InChI=1S/C32H33N3O5/c1-38-21-10-12-26-25(16-21)23(13-14-33-27-18-30(36)35(32(27)37)20-7-5-4-6-8-20)31(34-26)22-11-9-19-15-28(39-2)29(40-3)17-24(19)22/h4-8,10,12,15-17,22,27,33-34H,9,11,13-14,18H2,1-3H3/t22-,27-/m0/s1.